The molecule has 8 heteroatoms. The van der Waals surface area contributed by atoms with Gasteiger partial charge in [-0.15, -0.1) is 0 Å². The van der Waals surface area contributed by atoms with Crippen LogP contribution in [0.1, 0.15) is 36.1 Å². The molecule has 3 heterocycles. The Morgan fingerprint density at radius 2 is 2.03 bits per heavy atom. The number of aryl methyl sites for hydroxylation is 3. The number of hydrogen-bond donors (Lipinski definition) is 1. The van der Waals surface area contributed by atoms with Gasteiger partial charge in [-0.3, -0.25) is 14.2 Å². The third kappa shape index (κ3) is 3.84. The van der Waals surface area contributed by atoms with Gasteiger partial charge in [0, 0.05) is 17.9 Å². The lowest BCUT2D eigenvalue weighted by Crippen LogP contribution is -2.28. The molecule has 2 aromatic carbocycles. The van der Waals surface area contributed by atoms with Crippen LogP contribution in [0.4, 0.5) is 5.69 Å². The molecule has 0 saturated heterocycles. The molecule has 2 aromatic heterocycles. The van der Waals surface area contributed by atoms with E-state index < -0.39 is 0 Å². The molecule has 4 aromatic rings. The molecule has 0 fully saturated rings. The van der Waals surface area contributed by atoms with Crippen molar-refractivity contribution in [2.24, 2.45) is 0 Å². The molecule has 0 radical (unpaired) electrons. The Kier molecular flexibility index (Phi) is 5.54. The normalized spacial score (nSPS) is 15.1. The minimum atomic E-state index is -0.243. The van der Waals surface area contributed by atoms with Gasteiger partial charge in [0.2, 0.25) is 5.91 Å². The smallest absolute Gasteiger partial charge is 0.265 e. The molecule has 0 saturated carbocycles. The van der Waals surface area contributed by atoms with E-state index in [0.29, 0.717) is 21.9 Å². The van der Waals surface area contributed by atoms with Crippen molar-refractivity contribution >= 4 is 34.4 Å². The number of nitrogens with zero attached hydrogens (tertiary/aromatic N) is 4. The Morgan fingerprint density at radius 1 is 1.21 bits per heavy atom. The SMILES string of the molecule is CCc1ccccc1NC(=O)CC1CSc2nc3c(cnn3-c3ccc(C)cc3C)c(=O)n21. The van der Waals surface area contributed by atoms with E-state index in [0.717, 1.165) is 28.9 Å². The first-order chi connectivity index (χ1) is 16.0. The molecule has 1 atom stereocenters. The number of amides is 1. The van der Waals surface area contributed by atoms with Crippen LogP contribution in [0.25, 0.3) is 16.7 Å². The quantitative estimate of drug-likeness (QED) is 0.446. The predicted octanol–water partition coefficient (Wildman–Crippen LogP) is 4.44. The van der Waals surface area contributed by atoms with Gasteiger partial charge in [0.05, 0.1) is 17.9 Å². The maximum atomic E-state index is 13.4. The van der Waals surface area contributed by atoms with Gasteiger partial charge < -0.3 is 5.32 Å². The van der Waals surface area contributed by atoms with E-state index >= 15 is 0 Å². The Balaban J connectivity index is 1.46. The van der Waals surface area contributed by atoms with Gasteiger partial charge in [0.1, 0.15) is 5.39 Å². The van der Waals surface area contributed by atoms with Crippen molar-refractivity contribution in [3.05, 3.63) is 75.7 Å². The maximum absolute atomic E-state index is 13.4. The van der Waals surface area contributed by atoms with Crippen LogP contribution in [0, 0.1) is 13.8 Å². The van der Waals surface area contributed by atoms with Crippen LogP contribution in [-0.4, -0.2) is 31.0 Å². The fourth-order valence-electron chi connectivity index (χ4n) is 4.37. The van der Waals surface area contributed by atoms with Crippen LogP contribution in [0.5, 0.6) is 0 Å². The summed E-state index contributed by atoms with van der Waals surface area (Å²) in [6.07, 6.45) is 2.63. The zero-order valence-corrected chi connectivity index (χ0v) is 19.6. The lowest BCUT2D eigenvalue weighted by molar-refractivity contribution is -0.116. The zero-order valence-electron chi connectivity index (χ0n) is 18.8. The summed E-state index contributed by atoms with van der Waals surface area (Å²) in [5.41, 5.74) is 5.45. The van der Waals surface area contributed by atoms with E-state index in [1.165, 1.54) is 17.3 Å². The van der Waals surface area contributed by atoms with E-state index in [1.54, 1.807) is 15.4 Å². The van der Waals surface area contributed by atoms with Crippen LogP contribution in [-0.2, 0) is 11.2 Å². The Hall–Kier alpha value is -3.39. The first-order valence-corrected chi connectivity index (χ1v) is 12.0. The highest BCUT2D eigenvalue weighted by molar-refractivity contribution is 7.99. The highest BCUT2D eigenvalue weighted by atomic mass is 32.2. The standard InChI is InChI=1S/C25H25N5O2S/c1-4-17-7-5-6-8-20(17)27-22(31)12-18-14-33-25-28-23-19(24(32)29(18)25)13-26-30(23)21-10-9-15(2)11-16(21)3/h5-11,13,18H,4,12,14H2,1-3H3,(H,27,31). The van der Waals surface area contributed by atoms with Gasteiger partial charge in [-0.25, -0.2) is 9.67 Å². The van der Waals surface area contributed by atoms with E-state index in [2.05, 4.69) is 23.4 Å². The number of nitrogens with one attached hydrogen (secondary N) is 1. The van der Waals surface area contributed by atoms with Crippen LogP contribution < -0.4 is 10.9 Å². The molecule has 1 unspecified atom stereocenters. The number of para-hydroxylation sites is 1. The topological polar surface area (TPSA) is 81.8 Å². The van der Waals surface area contributed by atoms with Crippen molar-refractivity contribution in [3.8, 4) is 5.69 Å². The molecular weight excluding hydrogens is 434 g/mol. The van der Waals surface area contributed by atoms with Gasteiger partial charge in [-0.1, -0.05) is 54.6 Å². The number of thioether (sulfide) groups is 1. The molecule has 33 heavy (non-hydrogen) atoms. The molecule has 0 spiro atoms. The molecular formula is C25H25N5O2S. The Labute approximate surface area is 195 Å². The molecule has 1 aliphatic rings. The summed E-state index contributed by atoms with van der Waals surface area (Å²) >= 11 is 1.51. The van der Waals surface area contributed by atoms with Crippen molar-refractivity contribution in [1.82, 2.24) is 19.3 Å². The maximum Gasteiger partial charge on any atom is 0.265 e. The van der Waals surface area contributed by atoms with Crippen molar-refractivity contribution < 1.29 is 4.79 Å². The van der Waals surface area contributed by atoms with Gasteiger partial charge in [-0.2, -0.15) is 5.10 Å². The molecule has 1 amide bonds. The first kappa shape index (κ1) is 21.5. The number of carbonyl (C=O) groups excluding carboxylic acids is 1. The average Bonchev–Trinajstić information content (AvgIpc) is 3.39. The van der Waals surface area contributed by atoms with Gasteiger partial charge in [0.25, 0.3) is 5.56 Å². The number of benzene rings is 2. The number of rotatable bonds is 5. The lowest BCUT2D eigenvalue weighted by atomic mass is 10.1. The zero-order chi connectivity index (χ0) is 23.1. The predicted molar refractivity (Wildman–Crippen MR) is 131 cm³/mol. The van der Waals surface area contributed by atoms with Crippen molar-refractivity contribution in [2.45, 2.75) is 44.8 Å². The van der Waals surface area contributed by atoms with Crippen LogP contribution in [0.15, 0.2) is 58.6 Å². The fourth-order valence-corrected chi connectivity index (χ4v) is 5.50. The summed E-state index contributed by atoms with van der Waals surface area (Å²) in [7, 11) is 0. The summed E-state index contributed by atoms with van der Waals surface area (Å²) in [6, 6.07) is 13.7. The second-order valence-corrected chi connectivity index (χ2v) is 9.37. The minimum absolute atomic E-state index is 0.104. The van der Waals surface area contributed by atoms with Crippen LogP contribution >= 0.6 is 11.8 Å². The summed E-state index contributed by atoms with van der Waals surface area (Å²) in [5.74, 6) is 0.529. The largest absolute Gasteiger partial charge is 0.326 e. The number of aromatic nitrogens is 4. The molecule has 7 nitrogen and oxygen atoms in total. The number of fused-ring (bicyclic) bond motifs is 2. The Morgan fingerprint density at radius 3 is 2.82 bits per heavy atom. The van der Waals surface area contributed by atoms with E-state index in [9.17, 15) is 9.59 Å². The Bertz CT molecular complexity index is 1440. The fraction of sp³-hybridized carbons (Fsp3) is 0.280. The average molecular weight is 460 g/mol. The summed E-state index contributed by atoms with van der Waals surface area (Å²) in [4.78, 5) is 31.0. The summed E-state index contributed by atoms with van der Waals surface area (Å²) in [6.45, 7) is 6.13. The molecule has 1 N–H and O–H groups in total. The van der Waals surface area contributed by atoms with E-state index in [4.69, 9.17) is 4.98 Å². The van der Waals surface area contributed by atoms with Gasteiger partial charge in [0.15, 0.2) is 10.8 Å². The highest BCUT2D eigenvalue weighted by Gasteiger charge is 2.30. The second-order valence-electron chi connectivity index (χ2n) is 8.38. The molecule has 0 bridgehead atoms. The monoisotopic (exact) mass is 459 g/mol. The number of anilines is 1. The van der Waals surface area contributed by atoms with Gasteiger partial charge >= 0.3 is 0 Å². The molecule has 0 aliphatic carbocycles. The molecule has 168 valence electrons. The van der Waals surface area contributed by atoms with E-state index in [1.807, 2.05) is 50.2 Å². The van der Waals surface area contributed by atoms with Crippen molar-refractivity contribution in [3.63, 3.8) is 0 Å². The number of hydrogen-bond acceptors (Lipinski definition) is 5. The molecule has 5 rings (SSSR count). The summed E-state index contributed by atoms with van der Waals surface area (Å²) < 4.78 is 3.39. The third-order valence-electron chi connectivity index (χ3n) is 6.04. The van der Waals surface area contributed by atoms with Crippen molar-refractivity contribution in [2.75, 3.05) is 11.1 Å². The summed E-state index contributed by atoms with van der Waals surface area (Å²) in [5, 5.41) is 8.57. The molecule has 1 aliphatic heterocycles. The minimum Gasteiger partial charge on any atom is -0.326 e. The van der Waals surface area contributed by atoms with E-state index in [-0.39, 0.29) is 23.9 Å². The lowest BCUT2D eigenvalue weighted by Gasteiger charge is -2.15. The highest BCUT2D eigenvalue weighted by Crippen LogP contribution is 2.34. The number of carbonyl (C=O) groups is 1. The second kappa shape index (κ2) is 8.51. The van der Waals surface area contributed by atoms with Crippen LogP contribution in [0.3, 0.4) is 0 Å². The van der Waals surface area contributed by atoms with Gasteiger partial charge in [-0.05, 0) is 43.5 Å². The van der Waals surface area contributed by atoms with Crippen LogP contribution in [0.2, 0.25) is 0 Å². The van der Waals surface area contributed by atoms with Crippen molar-refractivity contribution in [1.29, 1.82) is 0 Å². The first-order valence-electron chi connectivity index (χ1n) is 11.0. The third-order valence-corrected chi connectivity index (χ3v) is 7.14.